The summed E-state index contributed by atoms with van der Waals surface area (Å²) < 4.78 is 29.2. The van der Waals surface area contributed by atoms with Crippen molar-refractivity contribution in [3.8, 4) is 0 Å². The van der Waals surface area contributed by atoms with E-state index in [9.17, 15) is 28.4 Å². The largest absolute Gasteiger partial charge is 0.395 e. The number of carbonyl (C=O) groups is 1. The van der Waals surface area contributed by atoms with E-state index in [2.05, 4.69) is 54.0 Å². The summed E-state index contributed by atoms with van der Waals surface area (Å²) in [6, 6.07) is 28.4. The summed E-state index contributed by atoms with van der Waals surface area (Å²) in [5.74, 6) is -0.241. The number of hydrogen-bond donors (Lipinski definition) is 4. The van der Waals surface area contributed by atoms with Gasteiger partial charge in [-0.05, 0) is 109 Å². The second kappa shape index (κ2) is 25.1. The quantitative estimate of drug-likeness (QED) is 0.0365. The van der Waals surface area contributed by atoms with Crippen LogP contribution in [0.3, 0.4) is 0 Å². The van der Waals surface area contributed by atoms with Crippen molar-refractivity contribution in [3.63, 3.8) is 0 Å². The third-order valence-corrected chi connectivity index (χ3v) is 16.0. The number of benzene rings is 4. The van der Waals surface area contributed by atoms with Gasteiger partial charge in [0.05, 0.1) is 16.4 Å². The molecule has 0 radical (unpaired) electrons. The van der Waals surface area contributed by atoms with Gasteiger partial charge in [0.15, 0.2) is 0 Å². The predicted octanol–water partition coefficient (Wildman–Crippen LogP) is 7.74. The molecule has 0 bridgehead atoms. The maximum atomic E-state index is 13.6. The third kappa shape index (κ3) is 14.7. The summed E-state index contributed by atoms with van der Waals surface area (Å²) in [6.45, 7) is 16.1. The number of aliphatic hydroxyl groups excluding tert-OH is 1. The van der Waals surface area contributed by atoms with Gasteiger partial charge in [0, 0.05) is 118 Å². The van der Waals surface area contributed by atoms with Gasteiger partial charge in [0.2, 0.25) is 0 Å². The highest BCUT2D eigenvalue weighted by Gasteiger charge is 2.35. The molecule has 68 heavy (non-hydrogen) atoms. The highest BCUT2D eigenvalue weighted by Crippen LogP contribution is 2.44. The third-order valence-electron chi connectivity index (χ3n) is 13.2. The van der Waals surface area contributed by atoms with E-state index in [-0.39, 0.29) is 41.7 Å². The number of nitrogens with zero attached hydrogens (tertiary/aromatic N) is 5. The van der Waals surface area contributed by atoms with Crippen LogP contribution in [0, 0.1) is 15.5 Å². The number of amides is 1. The Balaban J connectivity index is 0.00000761. The molecule has 2 aliphatic heterocycles. The molecule has 1 aliphatic carbocycles. The lowest BCUT2D eigenvalue weighted by molar-refractivity contribution is -0.384. The van der Waals surface area contributed by atoms with Crippen LogP contribution in [0.2, 0.25) is 5.02 Å². The van der Waals surface area contributed by atoms with Crippen LogP contribution in [-0.4, -0.2) is 143 Å². The number of anilines is 2. The maximum absolute atomic E-state index is 13.6. The number of thioether (sulfide) groups is 1. The Morgan fingerprint density at radius 1 is 0.956 bits per heavy atom. The first kappa shape index (κ1) is 53.1. The Morgan fingerprint density at radius 2 is 1.66 bits per heavy atom. The summed E-state index contributed by atoms with van der Waals surface area (Å²) in [7, 11) is -4.47. The topological polar surface area (TPSA) is 164 Å². The molecule has 4 N–H and O–H groups in total. The zero-order chi connectivity index (χ0) is 47.4. The van der Waals surface area contributed by atoms with Gasteiger partial charge in [0.25, 0.3) is 21.6 Å². The van der Waals surface area contributed by atoms with E-state index >= 15 is 0 Å². The number of nitro groups is 1. The Morgan fingerprint density at radius 3 is 2.32 bits per heavy atom. The van der Waals surface area contributed by atoms with Crippen LogP contribution in [0.5, 0.6) is 0 Å². The number of aliphatic hydroxyl groups is 1. The van der Waals surface area contributed by atoms with Crippen molar-refractivity contribution >= 4 is 74.3 Å². The van der Waals surface area contributed by atoms with Gasteiger partial charge in [-0.25, -0.2) is 13.1 Å². The molecule has 2 heterocycles. The average Bonchev–Trinajstić information content (AvgIpc) is 3.33. The lowest BCUT2D eigenvalue weighted by Crippen LogP contribution is -2.49. The first-order valence-electron chi connectivity index (χ1n) is 23.4. The van der Waals surface area contributed by atoms with E-state index in [1.165, 1.54) is 28.8 Å². The second-order valence-corrected chi connectivity index (χ2v) is 21.4. The zero-order valence-corrected chi connectivity index (χ0v) is 42.3. The number of nitrogens with one attached hydrogen (secondary N) is 3. The van der Waals surface area contributed by atoms with Crippen molar-refractivity contribution in [1.82, 2.24) is 24.7 Å². The standard InChI is InChI=1S/C50H65ClN8O6S2.ClH/c1-3-55(31-32-60)24-20-42(36-66-44-7-5-4-6-8-44)53-47-18-17-45(33-48(47)59(62)63)67(64,65)54-49(61)39-11-15-43(16-12-39)58-29-27-56(28-30-58)35-40-34-50(2,37-57-25-22-52-23-26-57)21-19-46(40)38-9-13-41(51)14-10-38;/h4-18,33,42,52-53,60H,3,19-32,34-37H2,1-2H3,(H,54,61);1H. The van der Waals surface area contributed by atoms with Gasteiger partial charge in [-0.1, -0.05) is 61.4 Å². The number of carbonyl (C=O) groups excluding carboxylic acids is 1. The monoisotopic (exact) mass is 1010 g/mol. The summed E-state index contributed by atoms with van der Waals surface area (Å²) in [5.41, 5.74) is 5.29. The molecule has 4 aromatic carbocycles. The number of sulfonamides is 1. The molecule has 1 amide bonds. The van der Waals surface area contributed by atoms with Gasteiger partial charge >= 0.3 is 0 Å². The summed E-state index contributed by atoms with van der Waals surface area (Å²) in [4.78, 5) is 35.3. The van der Waals surface area contributed by atoms with Gasteiger partial charge in [-0.2, -0.15) is 0 Å². The Bertz CT molecular complexity index is 2420. The molecule has 18 heteroatoms. The highest BCUT2D eigenvalue weighted by atomic mass is 35.5. The first-order chi connectivity index (χ1) is 32.3. The number of allylic oxidation sites excluding steroid dienone is 1. The molecule has 368 valence electrons. The van der Waals surface area contributed by atoms with Crippen molar-refractivity contribution in [3.05, 3.63) is 129 Å². The molecule has 4 aromatic rings. The van der Waals surface area contributed by atoms with E-state index in [4.69, 9.17) is 11.6 Å². The predicted molar refractivity (Wildman–Crippen MR) is 278 cm³/mol. The van der Waals surface area contributed by atoms with Gasteiger partial charge in [0.1, 0.15) is 5.69 Å². The van der Waals surface area contributed by atoms with Crippen molar-refractivity contribution in [1.29, 1.82) is 0 Å². The van der Waals surface area contributed by atoms with Crippen LogP contribution in [0.25, 0.3) is 5.57 Å². The number of hydrogen-bond acceptors (Lipinski definition) is 13. The van der Waals surface area contributed by atoms with E-state index in [0.717, 1.165) is 113 Å². The number of halogens is 2. The fraction of sp³-hybridized carbons (Fsp3) is 0.460. The van der Waals surface area contributed by atoms with Crippen molar-refractivity contribution < 1.29 is 23.2 Å². The molecule has 2 saturated heterocycles. The van der Waals surface area contributed by atoms with Crippen LogP contribution in [0.1, 0.15) is 55.5 Å². The lowest BCUT2D eigenvalue weighted by Gasteiger charge is -2.43. The number of piperazine rings is 2. The minimum atomic E-state index is -4.47. The van der Waals surface area contributed by atoms with Gasteiger partial charge in [-0.3, -0.25) is 19.8 Å². The van der Waals surface area contributed by atoms with Crippen molar-refractivity contribution in [2.24, 2.45) is 5.41 Å². The van der Waals surface area contributed by atoms with Crippen molar-refractivity contribution in [2.75, 3.05) is 108 Å². The molecular formula is C50H66Cl2N8O6S2. The highest BCUT2D eigenvalue weighted by molar-refractivity contribution is 7.99. The molecule has 3 aliphatic rings. The lowest BCUT2D eigenvalue weighted by atomic mass is 9.71. The van der Waals surface area contributed by atoms with E-state index in [1.807, 2.05) is 61.5 Å². The molecule has 0 saturated carbocycles. The minimum Gasteiger partial charge on any atom is -0.395 e. The Labute approximate surface area is 417 Å². The summed E-state index contributed by atoms with van der Waals surface area (Å²) in [5, 5.41) is 29.4. The second-order valence-electron chi connectivity index (χ2n) is 18.2. The molecule has 2 atom stereocenters. The molecule has 0 spiro atoms. The zero-order valence-electron chi connectivity index (χ0n) is 39.1. The molecule has 2 unspecified atom stereocenters. The van der Waals surface area contributed by atoms with Crippen LogP contribution < -0.4 is 20.3 Å². The normalized spacial score (nSPS) is 18.8. The van der Waals surface area contributed by atoms with Crippen LogP contribution in [0.4, 0.5) is 17.1 Å². The fourth-order valence-corrected chi connectivity index (χ4v) is 11.6. The smallest absolute Gasteiger partial charge is 0.293 e. The van der Waals surface area contributed by atoms with Gasteiger partial charge in [-0.15, -0.1) is 24.2 Å². The summed E-state index contributed by atoms with van der Waals surface area (Å²) in [6.07, 6.45) is 3.89. The first-order valence-corrected chi connectivity index (χ1v) is 26.3. The molecule has 7 rings (SSSR count). The Kier molecular flexibility index (Phi) is 19.6. The van der Waals surface area contributed by atoms with Crippen LogP contribution >= 0.6 is 35.8 Å². The summed E-state index contributed by atoms with van der Waals surface area (Å²) >= 11 is 7.90. The van der Waals surface area contributed by atoms with E-state index in [0.29, 0.717) is 25.3 Å². The number of nitro benzene ring substituents is 1. The van der Waals surface area contributed by atoms with E-state index < -0.39 is 31.4 Å². The Hall–Kier alpha value is -4.23. The number of rotatable bonds is 21. The van der Waals surface area contributed by atoms with Gasteiger partial charge < -0.3 is 30.4 Å². The maximum Gasteiger partial charge on any atom is 0.293 e. The SMILES string of the molecule is CCN(CCO)CCC(CSc1ccccc1)Nc1ccc(S(=O)(=O)NC(=O)c2ccc(N3CCN(CC4=C(c5ccc(Cl)cc5)CCC(C)(CN5CCNCC5)C4)CC3)cc2)cc1[N+](=O)[O-].Cl. The fourth-order valence-electron chi connectivity index (χ4n) is 9.50. The van der Waals surface area contributed by atoms with Crippen molar-refractivity contribution in [2.45, 2.75) is 55.4 Å². The van der Waals surface area contributed by atoms with E-state index in [1.54, 1.807) is 23.9 Å². The average molecular weight is 1010 g/mol. The van der Waals surface area contributed by atoms with Crippen LogP contribution in [-0.2, 0) is 10.0 Å². The molecular weight excluding hydrogens is 944 g/mol. The number of likely N-dealkylation sites (N-methyl/N-ethyl adjacent to an activating group) is 1. The minimum absolute atomic E-state index is 0. The molecule has 2 fully saturated rings. The molecule has 0 aromatic heterocycles. The molecule has 14 nitrogen and oxygen atoms in total. The van der Waals surface area contributed by atoms with Crippen LogP contribution in [0.15, 0.2) is 112 Å².